The summed E-state index contributed by atoms with van der Waals surface area (Å²) in [5.74, 6) is 0.390. The lowest BCUT2D eigenvalue weighted by Crippen LogP contribution is -2.20. The van der Waals surface area contributed by atoms with Crippen LogP contribution in [0.5, 0.6) is 0 Å². The van der Waals surface area contributed by atoms with Gasteiger partial charge in [-0.05, 0) is 32.0 Å². The SMILES string of the molecule is CCN(c1cccc(F)c1)c1c(C#N)c(C)nn1C. The third-order valence-electron chi connectivity index (χ3n) is 3.00. The molecule has 2 rings (SSSR count). The van der Waals surface area contributed by atoms with Crippen LogP contribution in [0.1, 0.15) is 18.2 Å². The summed E-state index contributed by atoms with van der Waals surface area (Å²) in [4.78, 5) is 1.88. The lowest BCUT2D eigenvalue weighted by molar-refractivity contribution is 0.627. The first-order chi connectivity index (χ1) is 9.08. The number of benzene rings is 1. The average Bonchev–Trinajstić information content (AvgIpc) is 2.65. The predicted molar refractivity (Wildman–Crippen MR) is 71.7 cm³/mol. The van der Waals surface area contributed by atoms with Crippen LogP contribution in [0.15, 0.2) is 24.3 Å². The Bertz CT molecular complexity index is 639. The summed E-state index contributed by atoms with van der Waals surface area (Å²) in [6.45, 7) is 4.37. The molecule has 0 saturated heterocycles. The van der Waals surface area contributed by atoms with Gasteiger partial charge < -0.3 is 4.90 Å². The van der Waals surface area contributed by atoms with E-state index in [1.807, 2.05) is 17.9 Å². The molecule has 1 aromatic carbocycles. The first kappa shape index (κ1) is 13.1. The van der Waals surface area contributed by atoms with Crippen LogP contribution in [-0.4, -0.2) is 16.3 Å². The molecule has 0 saturated carbocycles. The third-order valence-corrected chi connectivity index (χ3v) is 3.00. The number of rotatable bonds is 3. The molecule has 4 nitrogen and oxygen atoms in total. The van der Waals surface area contributed by atoms with E-state index in [2.05, 4.69) is 11.2 Å². The Labute approximate surface area is 111 Å². The summed E-state index contributed by atoms with van der Waals surface area (Å²) in [5, 5.41) is 13.5. The molecule has 0 atom stereocenters. The van der Waals surface area contributed by atoms with Crippen LogP contribution in [0.4, 0.5) is 15.9 Å². The van der Waals surface area contributed by atoms with Gasteiger partial charge in [0.15, 0.2) is 0 Å². The molecule has 0 N–H and O–H groups in total. The molecule has 0 amide bonds. The number of halogens is 1. The molecule has 98 valence electrons. The number of nitrogens with zero attached hydrogens (tertiary/aromatic N) is 4. The van der Waals surface area contributed by atoms with Gasteiger partial charge >= 0.3 is 0 Å². The van der Waals surface area contributed by atoms with E-state index in [9.17, 15) is 9.65 Å². The van der Waals surface area contributed by atoms with Crippen molar-refractivity contribution in [1.82, 2.24) is 9.78 Å². The highest BCUT2D eigenvalue weighted by Crippen LogP contribution is 2.29. The van der Waals surface area contributed by atoms with Crippen LogP contribution in [0.25, 0.3) is 0 Å². The Morgan fingerprint density at radius 1 is 1.47 bits per heavy atom. The number of aryl methyl sites for hydroxylation is 2. The molecule has 0 spiro atoms. The van der Waals surface area contributed by atoms with Crippen molar-refractivity contribution in [3.8, 4) is 6.07 Å². The number of anilines is 2. The van der Waals surface area contributed by atoms with E-state index >= 15 is 0 Å². The lowest BCUT2D eigenvalue weighted by atomic mass is 10.2. The summed E-state index contributed by atoms with van der Waals surface area (Å²) in [5.41, 5.74) is 1.91. The highest BCUT2D eigenvalue weighted by Gasteiger charge is 2.19. The maximum absolute atomic E-state index is 13.4. The fourth-order valence-electron chi connectivity index (χ4n) is 2.19. The molecule has 2 aromatic rings. The Kier molecular flexibility index (Phi) is 3.52. The van der Waals surface area contributed by atoms with Crippen molar-refractivity contribution in [3.63, 3.8) is 0 Å². The number of hydrogen-bond acceptors (Lipinski definition) is 3. The monoisotopic (exact) mass is 258 g/mol. The zero-order valence-corrected chi connectivity index (χ0v) is 11.2. The fourth-order valence-corrected chi connectivity index (χ4v) is 2.19. The summed E-state index contributed by atoms with van der Waals surface area (Å²) >= 11 is 0. The van der Waals surface area contributed by atoms with Crippen LogP contribution in [-0.2, 0) is 7.05 Å². The molecule has 0 aliphatic rings. The van der Waals surface area contributed by atoms with Crippen LogP contribution in [0, 0.1) is 24.1 Å². The Morgan fingerprint density at radius 2 is 2.21 bits per heavy atom. The van der Waals surface area contributed by atoms with Crippen LogP contribution in [0.3, 0.4) is 0 Å². The zero-order chi connectivity index (χ0) is 14.0. The minimum atomic E-state index is -0.298. The van der Waals surface area contributed by atoms with Gasteiger partial charge in [-0.25, -0.2) is 4.39 Å². The van der Waals surface area contributed by atoms with Gasteiger partial charge in [0.05, 0.1) is 5.69 Å². The Balaban J connectivity index is 2.58. The second-order valence-electron chi connectivity index (χ2n) is 4.24. The number of hydrogen-bond donors (Lipinski definition) is 0. The van der Waals surface area contributed by atoms with E-state index < -0.39 is 0 Å². The van der Waals surface area contributed by atoms with Gasteiger partial charge in [-0.15, -0.1) is 0 Å². The van der Waals surface area contributed by atoms with Crippen LogP contribution >= 0.6 is 0 Å². The topological polar surface area (TPSA) is 44.9 Å². The molecule has 0 fully saturated rings. The molecule has 1 aromatic heterocycles. The molecule has 0 bridgehead atoms. The van der Waals surface area contributed by atoms with Crippen molar-refractivity contribution >= 4 is 11.5 Å². The minimum absolute atomic E-state index is 0.298. The maximum atomic E-state index is 13.4. The van der Waals surface area contributed by atoms with E-state index in [4.69, 9.17) is 0 Å². The van der Waals surface area contributed by atoms with Crippen molar-refractivity contribution in [1.29, 1.82) is 5.26 Å². The predicted octanol–water partition coefficient (Wildman–Crippen LogP) is 2.90. The molecule has 0 radical (unpaired) electrons. The molecule has 1 heterocycles. The van der Waals surface area contributed by atoms with Crippen molar-refractivity contribution in [3.05, 3.63) is 41.3 Å². The third kappa shape index (κ3) is 2.29. The summed E-state index contributed by atoms with van der Waals surface area (Å²) in [6, 6.07) is 8.49. The normalized spacial score (nSPS) is 10.3. The Hall–Kier alpha value is -2.35. The van der Waals surface area contributed by atoms with Gasteiger partial charge in [-0.3, -0.25) is 4.68 Å². The van der Waals surface area contributed by atoms with Crippen molar-refractivity contribution in [2.24, 2.45) is 7.05 Å². The first-order valence-corrected chi connectivity index (χ1v) is 6.05. The van der Waals surface area contributed by atoms with Gasteiger partial charge in [-0.2, -0.15) is 10.4 Å². The van der Waals surface area contributed by atoms with Crippen LogP contribution < -0.4 is 4.90 Å². The van der Waals surface area contributed by atoms with Crippen LogP contribution in [0.2, 0.25) is 0 Å². The molecular weight excluding hydrogens is 243 g/mol. The van der Waals surface area contributed by atoms with E-state index in [1.54, 1.807) is 24.7 Å². The largest absolute Gasteiger partial charge is 0.326 e. The zero-order valence-electron chi connectivity index (χ0n) is 11.2. The Morgan fingerprint density at radius 3 is 2.79 bits per heavy atom. The lowest BCUT2D eigenvalue weighted by Gasteiger charge is -2.23. The molecule has 0 aliphatic heterocycles. The maximum Gasteiger partial charge on any atom is 0.149 e. The van der Waals surface area contributed by atoms with Gasteiger partial charge in [-0.1, -0.05) is 6.07 Å². The van der Waals surface area contributed by atoms with E-state index in [1.165, 1.54) is 12.1 Å². The van der Waals surface area contributed by atoms with E-state index in [0.29, 0.717) is 29.3 Å². The molecular formula is C14H15FN4. The first-order valence-electron chi connectivity index (χ1n) is 6.05. The van der Waals surface area contributed by atoms with Crippen molar-refractivity contribution in [2.75, 3.05) is 11.4 Å². The molecule has 0 unspecified atom stereocenters. The molecule has 19 heavy (non-hydrogen) atoms. The summed E-state index contributed by atoms with van der Waals surface area (Å²) in [7, 11) is 1.78. The van der Waals surface area contributed by atoms with Gasteiger partial charge in [0.1, 0.15) is 23.3 Å². The van der Waals surface area contributed by atoms with Crippen molar-refractivity contribution in [2.45, 2.75) is 13.8 Å². The van der Waals surface area contributed by atoms with Gasteiger partial charge in [0.25, 0.3) is 0 Å². The highest BCUT2D eigenvalue weighted by atomic mass is 19.1. The molecule has 0 aliphatic carbocycles. The van der Waals surface area contributed by atoms with Gasteiger partial charge in [0.2, 0.25) is 0 Å². The fraction of sp³-hybridized carbons (Fsp3) is 0.286. The number of aromatic nitrogens is 2. The average molecular weight is 258 g/mol. The quantitative estimate of drug-likeness (QED) is 0.850. The second-order valence-corrected chi connectivity index (χ2v) is 4.24. The summed E-state index contributed by atoms with van der Waals surface area (Å²) < 4.78 is 15.0. The van der Waals surface area contributed by atoms with E-state index in [-0.39, 0.29) is 5.82 Å². The minimum Gasteiger partial charge on any atom is -0.326 e. The van der Waals surface area contributed by atoms with Gasteiger partial charge in [0, 0.05) is 19.3 Å². The standard InChI is InChI=1S/C14H15FN4/c1-4-19(12-7-5-6-11(15)8-12)14-13(9-16)10(2)17-18(14)3/h5-8H,4H2,1-3H3. The van der Waals surface area contributed by atoms with Crippen molar-refractivity contribution < 1.29 is 4.39 Å². The summed E-state index contributed by atoms with van der Waals surface area (Å²) in [6.07, 6.45) is 0. The highest BCUT2D eigenvalue weighted by molar-refractivity contribution is 5.67. The smallest absolute Gasteiger partial charge is 0.149 e. The number of nitriles is 1. The second kappa shape index (κ2) is 5.11. The van der Waals surface area contributed by atoms with E-state index in [0.717, 1.165) is 0 Å². The molecule has 5 heteroatoms.